The van der Waals surface area contributed by atoms with Gasteiger partial charge in [-0.3, -0.25) is 4.90 Å². The van der Waals surface area contributed by atoms with Crippen LogP contribution in [0.5, 0.6) is 0 Å². The summed E-state index contributed by atoms with van der Waals surface area (Å²) >= 11 is 0. The lowest BCUT2D eigenvalue weighted by Gasteiger charge is -2.49. The number of rotatable bonds is 4. The van der Waals surface area contributed by atoms with Crippen molar-refractivity contribution in [3.05, 3.63) is 0 Å². The maximum absolute atomic E-state index is 6.16. The molecule has 2 atom stereocenters. The number of nitrogens with zero attached hydrogens (tertiary/aromatic N) is 1. The van der Waals surface area contributed by atoms with E-state index in [1.54, 1.807) is 0 Å². The topological polar surface area (TPSA) is 29.3 Å². The van der Waals surface area contributed by atoms with Gasteiger partial charge in [-0.1, -0.05) is 33.1 Å². The Labute approximate surface area is 101 Å². The van der Waals surface area contributed by atoms with Crippen LogP contribution in [0.2, 0.25) is 0 Å². The first-order valence-electron chi connectivity index (χ1n) is 7.25. The van der Waals surface area contributed by atoms with E-state index in [4.69, 9.17) is 5.73 Å². The molecule has 2 N–H and O–H groups in total. The predicted molar refractivity (Wildman–Crippen MR) is 69.4 cm³/mol. The van der Waals surface area contributed by atoms with E-state index in [1.165, 1.54) is 51.5 Å². The molecule has 2 bridgehead atoms. The Morgan fingerprint density at radius 1 is 1.12 bits per heavy atom. The summed E-state index contributed by atoms with van der Waals surface area (Å²) < 4.78 is 0. The average Bonchev–Trinajstić information content (AvgIpc) is 2.26. The molecule has 2 fully saturated rings. The van der Waals surface area contributed by atoms with Gasteiger partial charge in [0.15, 0.2) is 0 Å². The minimum Gasteiger partial charge on any atom is -0.328 e. The Bertz CT molecular complexity index is 199. The molecule has 2 heterocycles. The van der Waals surface area contributed by atoms with Crippen molar-refractivity contribution in [2.75, 3.05) is 6.54 Å². The second kappa shape index (κ2) is 5.50. The van der Waals surface area contributed by atoms with Gasteiger partial charge in [-0.25, -0.2) is 0 Å². The Morgan fingerprint density at radius 2 is 1.69 bits per heavy atom. The maximum Gasteiger partial charge on any atom is 0.0113 e. The summed E-state index contributed by atoms with van der Waals surface area (Å²) in [6.45, 7) is 5.99. The van der Waals surface area contributed by atoms with Crippen molar-refractivity contribution in [3.8, 4) is 0 Å². The van der Waals surface area contributed by atoms with Crippen molar-refractivity contribution < 1.29 is 0 Å². The maximum atomic E-state index is 6.16. The van der Waals surface area contributed by atoms with Gasteiger partial charge in [-0.05, 0) is 31.6 Å². The van der Waals surface area contributed by atoms with E-state index in [0.29, 0.717) is 6.04 Å². The Morgan fingerprint density at radius 3 is 2.19 bits per heavy atom. The summed E-state index contributed by atoms with van der Waals surface area (Å²) in [5.41, 5.74) is 6.16. The fourth-order valence-electron chi connectivity index (χ4n) is 3.66. The molecule has 0 aromatic carbocycles. The normalized spacial score (nSPS) is 35.6. The van der Waals surface area contributed by atoms with Crippen molar-refractivity contribution in [1.29, 1.82) is 0 Å². The third-order valence-electron chi connectivity index (χ3n) is 4.79. The minimum atomic E-state index is 0.480. The predicted octanol–water partition coefficient (Wildman–Crippen LogP) is 2.77. The van der Waals surface area contributed by atoms with Crippen LogP contribution in [-0.2, 0) is 0 Å². The monoisotopic (exact) mass is 224 g/mol. The zero-order valence-corrected chi connectivity index (χ0v) is 11.0. The molecule has 2 rings (SSSR count). The molecule has 0 amide bonds. The molecule has 2 unspecified atom stereocenters. The van der Waals surface area contributed by atoms with Crippen LogP contribution in [0.15, 0.2) is 0 Å². The second-order valence-electron chi connectivity index (χ2n) is 5.85. The van der Waals surface area contributed by atoms with Crippen molar-refractivity contribution >= 4 is 0 Å². The third-order valence-corrected chi connectivity index (χ3v) is 4.79. The summed E-state index contributed by atoms with van der Waals surface area (Å²) in [5.74, 6) is 0.900. The molecule has 0 aromatic rings. The molecule has 16 heavy (non-hydrogen) atoms. The van der Waals surface area contributed by atoms with Crippen molar-refractivity contribution in [1.82, 2.24) is 4.90 Å². The Balaban J connectivity index is 1.97. The number of hydrogen-bond donors (Lipinski definition) is 1. The van der Waals surface area contributed by atoms with Crippen LogP contribution < -0.4 is 5.73 Å². The highest BCUT2D eigenvalue weighted by Gasteiger charge is 2.37. The molecule has 0 saturated carbocycles. The number of fused-ring (bicyclic) bond motifs is 2. The summed E-state index contributed by atoms with van der Waals surface area (Å²) in [6.07, 6.45) is 9.38. The van der Waals surface area contributed by atoms with Crippen LogP contribution in [0, 0.1) is 5.92 Å². The van der Waals surface area contributed by atoms with Gasteiger partial charge < -0.3 is 5.73 Å². The van der Waals surface area contributed by atoms with Crippen LogP contribution >= 0.6 is 0 Å². The lowest BCUT2D eigenvalue weighted by molar-refractivity contribution is 0.0175. The number of nitrogens with two attached hydrogens (primary N) is 1. The van der Waals surface area contributed by atoms with Gasteiger partial charge in [0.25, 0.3) is 0 Å². The molecule has 0 spiro atoms. The first-order valence-corrected chi connectivity index (χ1v) is 7.25. The molecule has 2 aliphatic rings. The minimum absolute atomic E-state index is 0.480. The van der Waals surface area contributed by atoms with E-state index in [2.05, 4.69) is 18.7 Å². The lowest BCUT2D eigenvalue weighted by Crippen LogP contribution is -2.56. The van der Waals surface area contributed by atoms with Gasteiger partial charge in [0.2, 0.25) is 0 Å². The van der Waals surface area contributed by atoms with Crippen LogP contribution in [-0.4, -0.2) is 29.6 Å². The fourth-order valence-corrected chi connectivity index (χ4v) is 3.66. The molecule has 0 radical (unpaired) electrons. The average molecular weight is 224 g/mol. The molecule has 2 nitrogen and oxygen atoms in total. The highest BCUT2D eigenvalue weighted by Crippen LogP contribution is 2.34. The quantitative estimate of drug-likeness (QED) is 0.795. The Kier molecular flexibility index (Phi) is 4.26. The zero-order valence-electron chi connectivity index (χ0n) is 11.0. The van der Waals surface area contributed by atoms with E-state index in [-0.39, 0.29) is 0 Å². The van der Waals surface area contributed by atoms with Crippen LogP contribution in [0.3, 0.4) is 0 Å². The van der Waals surface area contributed by atoms with Crippen molar-refractivity contribution in [2.24, 2.45) is 11.7 Å². The Hall–Kier alpha value is -0.0800. The molecular weight excluding hydrogens is 196 g/mol. The molecule has 2 aliphatic heterocycles. The molecule has 0 aliphatic carbocycles. The van der Waals surface area contributed by atoms with E-state index in [1.807, 2.05) is 0 Å². The van der Waals surface area contributed by atoms with Crippen molar-refractivity contribution in [2.45, 2.75) is 76.9 Å². The highest BCUT2D eigenvalue weighted by atomic mass is 15.2. The smallest absolute Gasteiger partial charge is 0.0113 e. The fraction of sp³-hybridized carbons (Fsp3) is 1.00. The third kappa shape index (κ3) is 2.60. The van der Waals surface area contributed by atoms with Gasteiger partial charge in [0.05, 0.1) is 0 Å². The first kappa shape index (κ1) is 12.4. The highest BCUT2D eigenvalue weighted by molar-refractivity contribution is 4.94. The first-order chi connectivity index (χ1) is 7.74. The summed E-state index contributed by atoms with van der Waals surface area (Å²) in [4.78, 5) is 2.81. The van der Waals surface area contributed by atoms with Gasteiger partial charge in [-0.2, -0.15) is 0 Å². The second-order valence-corrected chi connectivity index (χ2v) is 5.85. The molecular formula is C14H28N2. The molecule has 2 saturated heterocycles. The van der Waals surface area contributed by atoms with E-state index in [0.717, 1.165) is 18.0 Å². The molecule has 2 heteroatoms. The summed E-state index contributed by atoms with van der Waals surface area (Å²) in [5, 5.41) is 0. The molecule has 94 valence electrons. The van der Waals surface area contributed by atoms with Crippen LogP contribution in [0.1, 0.15) is 58.8 Å². The largest absolute Gasteiger partial charge is 0.328 e. The lowest BCUT2D eigenvalue weighted by atomic mass is 9.81. The van der Waals surface area contributed by atoms with Gasteiger partial charge >= 0.3 is 0 Å². The van der Waals surface area contributed by atoms with Gasteiger partial charge in [0.1, 0.15) is 0 Å². The van der Waals surface area contributed by atoms with Crippen molar-refractivity contribution in [3.63, 3.8) is 0 Å². The zero-order chi connectivity index (χ0) is 11.5. The standard InChI is InChI=1S/C14H28N2/c1-3-11(4-2)10-16-13-6-5-7-14(16)9-12(15)8-13/h11-14H,3-10,15H2,1-2H3. The summed E-state index contributed by atoms with van der Waals surface area (Å²) in [6, 6.07) is 2.10. The van der Waals surface area contributed by atoms with E-state index >= 15 is 0 Å². The molecule has 0 aromatic heterocycles. The van der Waals surface area contributed by atoms with Crippen LogP contribution in [0.4, 0.5) is 0 Å². The van der Waals surface area contributed by atoms with Crippen LogP contribution in [0.25, 0.3) is 0 Å². The van der Waals surface area contributed by atoms with E-state index in [9.17, 15) is 0 Å². The summed E-state index contributed by atoms with van der Waals surface area (Å²) in [7, 11) is 0. The van der Waals surface area contributed by atoms with E-state index < -0.39 is 0 Å². The van der Waals surface area contributed by atoms with Gasteiger partial charge in [0, 0.05) is 24.7 Å². The number of piperidine rings is 2. The van der Waals surface area contributed by atoms with Gasteiger partial charge in [-0.15, -0.1) is 0 Å². The SMILES string of the molecule is CCC(CC)CN1C2CCCC1CC(N)C2. The number of hydrogen-bond acceptors (Lipinski definition) is 2.